The van der Waals surface area contributed by atoms with E-state index in [9.17, 15) is 4.79 Å². The van der Waals surface area contributed by atoms with Gasteiger partial charge in [0, 0.05) is 16.3 Å². The molecule has 4 N–H and O–H groups in total. The third-order valence-electron chi connectivity index (χ3n) is 2.52. The number of para-hydroxylation sites is 1. The number of anilines is 2. The molecule has 0 spiro atoms. The number of nitrogens with two attached hydrogens (primary N) is 1. The van der Waals surface area contributed by atoms with Gasteiger partial charge in [0.15, 0.2) is 5.11 Å². The van der Waals surface area contributed by atoms with E-state index in [-0.39, 0.29) is 11.7 Å². The molecule has 6 heteroatoms. The summed E-state index contributed by atoms with van der Waals surface area (Å²) in [6.45, 7) is 0. The van der Waals surface area contributed by atoms with Crippen LogP contribution in [0.25, 0.3) is 0 Å². The smallest absolute Gasteiger partial charge is 0.227 e. The summed E-state index contributed by atoms with van der Waals surface area (Å²) < 4.78 is 0. The summed E-state index contributed by atoms with van der Waals surface area (Å²) in [6, 6.07) is 17.4. The Morgan fingerprint density at radius 1 is 1.00 bits per heavy atom. The van der Waals surface area contributed by atoms with Gasteiger partial charge >= 0.3 is 0 Å². The van der Waals surface area contributed by atoms with Gasteiger partial charge in [-0.25, -0.2) is 0 Å². The predicted octanol–water partition coefficient (Wildman–Crippen LogP) is 3.07. The van der Waals surface area contributed by atoms with Crippen LogP contribution in [0.5, 0.6) is 0 Å². The van der Waals surface area contributed by atoms with Gasteiger partial charge < -0.3 is 16.4 Å². The molecule has 0 aliphatic heterocycles. The van der Waals surface area contributed by atoms with Gasteiger partial charge in [-0.05, 0) is 48.6 Å². The molecule has 0 bridgehead atoms. The maximum Gasteiger partial charge on any atom is 0.227 e. The van der Waals surface area contributed by atoms with Crippen molar-refractivity contribution >= 4 is 46.4 Å². The number of amides is 1. The molecular formula is C15H15N3OS2. The third kappa shape index (κ3) is 5.45. The van der Waals surface area contributed by atoms with E-state index in [1.807, 2.05) is 54.6 Å². The van der Waals surface area contributed by atoms with Crippen molar-refractivity contribution in [3.05, 3.63) is 54.6 Å². The molecule has 2 rings (SSSR count). The number of primary amides is 1. The Morgan fingerprint density at radius 3 is 2.14 bits per heavy atom. The molecule has 0 unspecified atom stereocenters. The van der Waals surface area contributed by atoms with Crippen molar-refractivity contribution in [2.75, 3.05) is 16.4 Å². The minimum absolute atomic E-state index is 0.279. The Hall–Kier alpha value is -2.05. The Kier molecular flexibility index (Phi) is 5.59. The topological polar surface area (TPSA) is 67.2 Å². The Balaban J connectivity index is 1.88. The van der Waals surface area contributed by atoms with Crippen LogP contribution in [-0.4, -0.2) is 16.8 Å². The second kappa shape index (κ2) is 7.66. The molecular weight excluding hydrogens is 302 g/mol. The number of nitrogens with one attached hydrogen (secondary N) is 2. The zero-order valence-corrected chi connectivity index (χ0v) is 12.8. The first-order chi connectivity index (χ1) is 10.1. The highest BCUT2D eigenvalue weighted by Gasteiger charge is 2.01. The number of carbonyl (C=O) groups is 1. The second-order valence-corrected chi connectivity index (χ2v) is 5.68. The molecule has 0 saturated carbocycles. The quantitative estimate of drug-likeness (QED) is 0.584. The molecule has 0 saturated heterocycles. The van der Waals surface area contributed by atoms with E-state index in [2.05, 4.69) is 10.6 Å². The van der Waals surface area contributed by atoms with Crippen molar-refractivity contribution in [1.82, 2.24) is 0 Å². The summed E-state index contributed by atoms with van der Waals surface area (Å²) in [5, 5.41) is 6.73. The number of hydrogen-bond donors (Lipinski definition) is 3. The van der Waals surface area contributed by atoms with Crippen LogP contribution < -0.4 is 16.4 Å². The molecule has 21 heavy (non-hydrogen) atoms. The molecule has 0 aliphatic rings. The zero-order chi connectivity index (χ0) is 15.1. The number of rotatable bonds is 5. The highest BCUT2D eigenvalue weighted by molar-refractivity contribution is 8.00. The summed E-state index contributed by atoms with van der Waals surface area (Å²) in [4.78, 5) is 11.7. The summed E-state index contributed by atoms with van der Waals surface area (Å²) in [5.41, 5.74) is 6.93. The summed E-state index contributed by atoms with van der Waals surface area (Å²) in [7, 11) is 0. The lowest BCUT2D eigenvalue weighted by atomic mass is 10.3. The van der Waals surface area contributed by atoms with E-state index in [0.29, 0.717) is 5.11 Å². The monoisotopic (exact) mass is 317 g/mol. The van der Waals surface area contributed by atoms with Crippen molar-refractivity contribution in [1.29, 1.82) is 0 Å². The van der Waals surface area contributed by atoms with Crippen molar-refractivity contribution in [3.63, 3.8) is 0 Å². The number of benzene rings is 2. The van der Waals surface area contributed by atoms with Crippen LogP contribution in [0.2, 0.25) is 0 Å². The van der Waals surface area contributed by atoms with E-state index in [1.54, 1.807) is 0 Å². The van der Waals surface area contributed by atoms with Crippen molar-refractivity contribution < 1.29 is 4.79 Å². The van der Waals surface area contributed by atoms with Gasteiger partial charge in [-0.3, -0.25) is 4.79 Å². The SMILES string of the molecule is NC(=O)CSc1ccc(NC(=S)Nc2ccccc2)cc1. The number of thiocarbonyl (C=S) groups is 1. The van der Waals surface area contributed by atoms with E-state index >= 15 is 0 Å². The fourth-order valence-corrected chi connectivity index (χ4v) is 2.48. The first-order valence-corrected chi connectivity index (χ1v) is 7.67. The summed E-state index contributed by atoms with van der Waals surface area (Å²) in [6.07, 6.45) is 0. The van der Waals surface area contributed by atoms with Crippen LogP contribution in [-0.2, 0) is 4.79 Å². The van der Waals surface area contributed by atoms with E-state index in [4.69, 9.17) is 18.0 Å². The second-order valence-electron chi connectivity index (χ2n) is 4.22. The fourth-order valence-electron chi connectivity index (χ4n) is 1.60. The summed E-state index contributed by atoms with van der Waals surface area (Å²) in [5.74, 6) is -0.0451. The largest absolute Gasteiger partial charge is 0.369 e. The minimum Gasteiger partial charge on any atom is -0.369 e. The van der Waals surface area contributed by atoms with Crippen LogP contribution in [0.15, 0.2) is 59.5 Å². The summed E-state index contributed by atoms with van der Waals surface area (Å²) >= 11 is 6.66. The van der Waals surface area contributed by atoms with E-state index in [1.165, 1.54) is 11.8 Å². The standard InChI is InChI=1S/C15H15N3OS2/c16-14(19)10-21-13-8-6-12(7-9-13)18-15(20)17-11-4-2-1-3-5-11/h1-9H,10H2,(H2,16,19)(H2,17,18,20). The van der Waals surface area contributed by atoms with Gasteiger partial charge in [-0.15, -0.1) is 11.8 Å². The normalized spacial score (nSPS) is 9.90. The van der Waals surface area contributed by atoms with Crippen LogP contribution >= 0.6 is 24.0 Å². The van der Waals surface area contributed by atoms with E-state index in [0.717, 1.165) is 16.3 Å². The van der Waals surface area contributed by atoms with Gasteiger partial charge in [0.2, 0.25) is 5.91 Å². The molecule has 0 atom stereocenters. The molecule has 108 valence electrons. The molecule has 0 heterocycles. The number of thioether (sulfide) groups is 1. The molecule has 0 aliphatic carbocycles. The number of hydrogen-bond acceptors (Lipinski definition) is 3. The van der Waals surface area contributed by atoms with Crippen LogP contribution in [0.1, 0.15) is 0 Å². The maximum atomic E-state index is 10.7. The first kappa shape index (κ1) is 15.3. The van der Waals surface area contributed by atoms with Crippen LogP contribution in [0.4, 0.5) is 11.4 Å². The van der Waals surface area contributed by atoms with E-state index < -0.39 is 0 Å². The average Bonchev–Trinajstić information content (AvgIpc) is 2.47. The Bertz CT molecular complexity index is 615. The minimum atomic E-state index is -0.324. The lowest BCUT2D eigenvalue weighted by Crippen LogP contribution is -2.18. The van der Waals surface area contributed by atoms with Crippen LogP contribution in [0.3, 0.4) is 0 Å². The highest BCUT2D eigenvalue weighted by Crippen LogP contribution is 2.20. The molecule has 0 radical (unpaired) electrons. The molecule has 1 amide bonds. The maximum absolute atomic E-state index is 10.7. The molecule has 2 aromatic rings. The molecule has 0 fully saturated rings. The van der Waals surface area contributed by atoms with Gasteiger partial charge in [-0.2, -0.15) is 0 Å². The molecule has 2 aromatic carbocycles. The van der Waals surface area contributed by atoms with Gasteiger partial charge in [-0.1, -0.05) is 18.2 Å². The van der Waals surface area contributed by atoms with Crippen molar-refractivity contribution in [2.45, 2.75) is 4.90 Å². The Labute approximate surface area is 133 Å². The molecule has 4 nitrogen and oxygen atoms in total. The third-order valence-corrected chi connectivity index (χ3v) is 3.76. The van der Waals surface area contributed by atoms with Gasteiger partial charge in [0.05, 0.1) is 5.75 Å². The fraction of sp³-hybridized carbons (Fsp3) is 0.0667. The average molecular weight is 317 g/mol. The number of carbonyl (C=O) groups excluding carboxylic acids is 1. The predicted molar refractivity (Wildman–Crippen MR) is 92.6 cm³/mol. The van der Waals surface area contributed by atoms with Gasteiger partial charge in [0.1, 0.15) is 0 Å². The van der Waals surface area contributed by atoms with Gasteiger partial charge in [0.25, 0.3) is 0 Å². The van der Waals surface area contributed by atoms with Crippen LogP contribution in [0, 0.1) is 0 Å². The highest BCUT2D eigenvalue weighted by atomic mass is 32.2. The lowest BCUT2D eigenvalue weighted by molar-refractivity contribution is -0.115. The van der Waals surface area contributed by atoms with Crippen molar-refractivity contribution in [2.24, 2.45) is 5.73 Å². The lowest BCUT2D eigenvalue weighted by Gasteiger charge is -2.10. The first-order valence-electron chi connectivity index (χ1n) is 6.28. The Morgan fingerprint density at radius 2 is 1.57 bits per heavy atom. The van der Waals surface area contributed by atoms with Crippen molar-refractivity contribution in [3.8, 4) is 0 Å². The molecule has 0 aromatic heterocycles. The zero-order valence-electron chi connectivity index (χ0n) is 11.2.